The number of carbonyl (C=O) groups excluding carboxylic acids is 1. The first kappa shape index (κ1) is 15.7. The number of pyridine rings is 1. The number of aromatic nitrogens is 1. The Morgan fingerprint density at radius 3 is 2.17 bits per heavy atom. The summed E-state index contributed by atoms with van der Waals surface area (Å²) in [6.45, 7) is 0. The van der Waals surface area contributed by atoms with E-state index in [1.165, 1.54) is 11.1 Å². The standard InChI is InChI=1S/C20H18N2O2/c1-24-19-8-4-17(5-9-19)20(23)22-18-6-2-15(3-7-18)14-16-10-12-21-13-11-16/h2-13H,14H2,1H3,(H,22,23). The molecule has 120 valence electrons. The third kappa shape index (κ3) is 3.98. The Morgan fingerprint density at radius 1 is 0.917 bits per heavy atom. The van der Waals surface area contributed by atoms with Crippen LogP contribution >= 0.6 is 0 Å². The van der Waals surface area contributed by atoms with Crippen LogP contribution in [0.2, 0.25) is 0 Å². The first-order valence-electron chi connectivity index (χ1n) is 7.68. The third-order valence-corrected chi connectivity index (χ3v) is 3.72. The van der Waals surface area contributed by atoms with E-state index in [4.69, 9.17) is 4.74 Å². The van der Waals surface area contributed by atoms with Gasteiger partial charge in [0.2, 0.25) is 0 Å². The molecule has 0 bridgehead atoms. The molecule has 0 aliphatic carbocycles. The van der Waals surface area contributed by atoms with Gasteiger partial charge in [0, 0.05) is 23.6 Å². The van der Waals surface area contributed by atoms with Crippen molar-refractivity contribution >= 4 is 11.6 Å². The monoisotopic (exact) mass is 318 g/mol. The largest absolute Gasteiger partial charge is 0.497 e. The lowest BCUT2D eigenvalue weighted by atomic mass is 10.1. The Hall–Kier alpha value is -3.14. The molecule has 0 atom stereocenters. The predicted octanol–water partition coefficient (Wildman–Crippen LogP) is 3.93. The fourth-order valence-electron chi connectivity index (χ4n) is 2.39. The van der Waals surface area contributed by atoms with Gasteiger partial charge in [-0.1, -0.05) is 12.1 Å². The van der Waals surface area contributed by atoms with Gasteiger partial charge < -0.3 is 10.1 Å². The minimum absolute atomic E-state index is 0.139. The smallest absolute Gasteiger partial charge is 0.255 e. The molecule has 0 fully saturated rings. The maximum Gasteiger partial charge on any atom is 0.255 e. The van der Waals surface area contributed by atoms with Crippen molar-refractivity contribution < 1.29 is 9.53 Å². The quantitative estimate of drug-likeness (QED) is 0.775. The first-order chi connectivity index (χ1) is 11.7. The molecule has 1 aromatic heterocycles. The number of ether oxygens (including phenoxy) is 1. The number of hydrogen-bond donors (Lipinski definition) is 1. The zero-order valence-corrected chi connectivity index (χ0v) is 13.4. The summed E-state index contributed by atoms with van der Waals surface area (Å²) >= 11 is 0. The fourth-order valence-corrected chi connectivity index (χ4v) is 2.39. The van der Waals surface area contributed by atoms with Gasteiger partial charge in [-0.25, -0.2) is 0 Å². The van der Waals surface area contributed by atoms with Crippen LogP contribution in [-0.2, 0) is 6.42 Å². The summed E-state index contributed by atoms with van der Waals surface area (Å²) in [7, 11) is 1.60. The Bertz CT molecular complexity index is 797. The summed E-state index contributed by atoms with van der Waals surface area (Å²) in [5.41, 5.74) is 3.76. The van der Waals surface area contributed by atoms with E-state index in [1.54, 1.807) is 43.8 Å². The lowest BCUT2D eigenvalue weighted by molar-refractivity contribution is 0.102. The molecule has 0 saturated carbocycles. The molecule has 4 nitrogen and oxygen atoms in total. The maximum absolute atomic E-state index is 12.2. The predicted molar refractivity (Wildman–Crippen MR) is 94.4 cm³/mol. The van der Waals surface area contributed by atoms with Gasteiger partial charge in [-0.2, -0.15) is 0 Å². The second-order valence-electron chi connectivity index (χ2n) is 5.41. The Morgan fingerprint density at radius 2 is 1.54 bits per heavy atom. The summed E-state index contributed by atoms with van der Waals surface area (Å²) < 4.78 is 5.09. The number of benzene rings is 2. The third-order valence-electron chi connectivity index (χ3n) is 3.72. The van der Waals surface area contributed by atoms with Crippen molar-refractivity contribution in [2.24, 2.45) is 0 Å². The van der Waals surface area contributed by atoms with Gasteiger partial charge in [0.25, 0.3) is 5.91 Å². The molecule has 3 aromatic rings. The molecule has 0 saturated heterocycles. The molecule has 0 aliphatic rings. The molecular formula is C20H18N2O2. The zero-order valence-electron chi connectivity index (χ0n) is 13.4. The van der Waals surface area contributed by atoms with Crippen molar-refractivity contribution in [3.63, 3.8) is 0 Å². The number of carbonyl (C=O) groups is 1. The van der Waals surface area contributed by atoms with Crippen molar-refractivity contribution in [1.82, 2.24) is 4.98 Å². The molecule has 0 aliphatic heterocycles. The Labute approximate surface area is 141 Å². The summed E-state index contributed by atoms with van der Waals surface area (Å²) in [4.78, 5) is 16.2. The SMILES string of the molecule is COc1ccc(C(=O)Nc2ccc(Cc3ccncc3)cc2)cc1. The van der Waals surface area contributed by atoms with Gasteiger partial charge >= 0.3 is 0 Å². The number of anilines is 1. The van der Waals surface area contributed by atoms with Gasteiger partial charge in [0.1, 0.15) is 5.75 Å². The highest BCUT2D eigenvalue weighted by Crippen LogP contribution is 2.16. The first-order valence-corrected chi connectivity index (χ1v) is 7.68. The lowest BCUT2D eigenvalue weighted by Crippen LogP contribution is -2.11. The summed E-state index contributed by atoms with van der Waals surface area (Å²) in [6, 6.07) is 18.9. The van der Waals surface area contributed by atoms with Crippen molar-refractivity contribution in [1.29, 1.82) is 0 Å². The van der Waals surface area contributed by atoms with Gasteiger partial charge in [-0.05, 0) is 66.1 Å². The number of hydrogen-bond acceptors (Lipinski definition) is 3. The summed E-state index contributed by atoms with van der Waals surface area (Å²) in [6.07, 6.45) is 4.42. The minimum Gasteiger partial charge on any atom is -0.497 e. The number of rotatable bonds is 5. The molecule has 1 amide bonds. The number of amides is 1. The van der Waals surface area contributed by atoms with E-state index in [2.05, 4.69) is 10.3 Å². The molecule has 0 radical (unpaired) electrons. The van der Waals surface area contributed by atoms with Crippen LogP contribution in [0.5, 0.6) is 5.75 Å². The molecule has 24 heavy (non-hydrogen) atoms. The van der Waals surface area contributed by atoms with Gasteiger partial charge in [0.05, 0.1) is 7.11 Å². The highest BCUT2D eigenvalue weighted by atomic mass is 16.5. The van der Waals surface area contributed by atoms with Crippen LogP contribution in [0.15, 0.2) is 73.1 Å². The maximum atomic E-state index is 12.2. The molecule has 0 spiro atoms. The second-order valence-corrected chi connectivity index (χ2v) is 5.41. The van der Waals surface area contributed by atoms with Crippen LogP contribution in [0.4, 0.5) is 5.69 Å². The van der Waals surface area contributed by atoms with Crippen molar-refractivity contribution in [3.05, 3.63) is 89.7 Å². The van der Waals surface area contributed by atoms with Crippen molar-refractivity contribution in [2.45, 2.75) is 6.42 Å². The molecule has 3 rings (SSSR count). The van der Waals surface area contributed by atoms with E-state index in [9.17, 15) is 4.79 Å². The molecular weight excluding hydrogens is 300 g/mol. The number of methoxy groups -OCH3 is 1. The van der Waals surface area contributed by atoms with E-state index < -0.39 is 0 Å². The minimum atomic E-state index is -0.139. The summed E-state index contributed by atoms with van der Waals surface area (Å²) in [5.74, 6) is 0.589. The van der Waals surface area contributed by atoms with Gasteiger partial charge in [-0.15, -0.1) is 0 Å². The second kappa shape index (κ2) is 7.42. The number of nitrogens with one attached hydrogen (secondary N) is 1. The molecule has 0 unspecified atom stereocenters. The van der Waals surface area contributed by atoms with E-state index in [0.717, 1.165) is 17.9 Å². The lowest BCUT2D eigenvalue weighted by Gasteiger charge is -2.07. The molecule has 1 heterocycles. The number of nitrogens with zero attached hydrogens (tertiary/aromatic N) is 1. The molecule has 4 heteroatoms. The Balaban J connectivity index is 1.64. The average Bonchev–Trinajstić information content (AvgIpc) is 2.64. The highest BCUT2D eigenvalue weighted by molar-refractivity contribution is 6.04. The van der Waals surface area contributed by atoms with Crippen LogP contribution in [0.25, 0.3) is 0 Å². The normalized spacial score (nSPS) is 10.2. The molecule has 2 aromatic carbocycles. The zero-order chi connectivity index (χ0) is 16.8. The average molecular weight is 318 g/mol. The van der Waals surface area contributed by atoms with Crippen molar-refractivity contribution in [2.75, 3.05) is 12.4 Å². The topological polar surface area (TPSA) is 51.2 Å². The van der Waals surface area contributed by atoms with Crippen LogP contribution in [-0.4, -0.2) is 18.0 Å². The molecule has 1 N–H and O–H groups in total. The van der Waals surface area contributed by atoms with Gasteiger partial charge in [0.15, 0.2) is 0 Å². The van der Waals surface area contributed by atoms with E-state index in [0.29, 0.717) is 5.56 Å². The van der Waals surface area contributed by atoms with Crippen LogP contribution in [0.1, 0.15) is 21.5 Å². The summed E-state index contributed by atoms with van der Waals surface area (Å²) in [5, 5.41) is 2.90. The highest BCUT2D eigenvalue weighted by Gasteiger charge is 2.06. The van der Waals surface area contributed by atoms with Crippen molar-refractivity contribution in [3.8, 4) is 5.75 Å². The van der Waals surface area contributed by atoms with E-state index in [1.807, 2.05) is 36.4 Å². The van der Waals surface area contributed by atoms with Gasteiger partial charge in [-0.3, -0.25) is 9.78 Å². The van der Waals surface area contributed by atoms with E-state index in [-0.39, 0.29) is 5.91 Å². The van der Waals surface area contributed by atoms with Crippen LogP contribution in [0, 0.1) is 0 Å². The van der Waals surface area contributed by atoms with E-state index >= 15 is 0 Å². The fraction of sp³-hybridized carbons (Fsp3) is 0.100. The Kier molecular flexibility index (Phi) is 4.87. The van der Waals surface area contributed by atoms with Crippen LogP contribution < -0.4 is 10.1 Å². The van der Waals surface area contributed by atoms with Crippen LogP contribution in [0.3, 0.4) is 0 Å².